The van der Waals surface area contributed by atoms with E-state index in [0.717, 1.165) is 24.1 Å². The Bertz CT molecular complexity index is 755. The van der Waals surface area contributed by atoms with Crippen molar-refractivity contribution < 1.29 is 4.79 Å². The molecule has 6 nitrogen and oxygen atoms in total. The highest BCUT2D eigenvalue weighted by atomic mass is 127. The topological polar surface area (TPSA) is 69.6 Å². The molecule has 0 aliphatic carbocycles. The first-order chi connectivity index (χ1) is 13.6. The monoisotopic (exact) mass is 529 g/mol. The van der Waals surface area contributed by atoms with Crippen LogP contribution in [0.2, 0.25) is 5.15 Å². The van der Waals surface area contributed by atoms with E-state index in [4.69, 9.17) is 11.6 Å². The summed E-state index contributed by atoms with van der Waals surface area (Å²) in [6.07, 6.45) is 2.55. The fraction of sp³-hybridized carbons (Fsp3) is 0.381. The van der Waals surface area contributed by atoms with Gasteiger partial charge in [0.25, 0.3) is 0 Å². The maximum atomic E-state index is 12.6. The van der Waals surface area contributed by atoms with E-state index >= 15 is 0 Å². The number of pyridine rings is 1. The highest BCUT2D eigenvalue weighted by Crippen LogP contribution is 2.06. The summed E-state index contributed by atoms with van der Waals surface area (Å²) in [7, 11) is 0. The molecule has 0 atom stereocenters. The van der Waals surface area contributed by atoms with E-state index in [9.17, 15) is 4.79 Å². The summed E-state index contributed by atoms with van der Waals surface area (Å²) in [5, 5.41) is 6.91. The van der Waals surface area contributed by atoms with Gasteiger partial charge in [-0.2, -0.15) is 0 Å². The molecule has 0 saturated carbocycles. The largest absolute Gasteiger partial charge is 0.357 e. The number of hydrogen-bond donors (Lipinski definition) is 2. The third-order valence-corrected chi connectivity index (χ3v) is 4.39. The standard InChI is InChI=1S/C21H28ClN5O.HI/c1-3-23-21(24-13-12-17-10-11-19(22)25-14-17)26-15-20(28)27(4-2)16-18-8-6-5-7-9-18;/h5-11,14H,3-4,12-13,15-16H2,1-2H3,(H2,23,24,26);1H. The number of benzene rings is 1. The molecule has 0 radical (unpaired) electrons. The zero-order chi connectivity index (χ0) is 20.2. The molecule has 0 aliphatic rings. The van der Waals surface area contributed by atoms with Crippen molar-refractivity contribution in [3.05, 3.63) is 64.9 Å². The van der Waals surface area contributed by atoms with Crippen LogP contribution in [0.15, 0.2) is 53.7 Å². The van der Waals surface area contributed by atoms with Crippen molar-refractivity contribution in [3.63, 3.8) is 0 Å². The summed E-state index contributed by atoms with van der Waals surface area (Å²) >= 11 is 5.81. The van der Waals surface area contributed by atoms with E-state index in [1.54, 1.807) is 12.3 Å². The quantitative estimate of drug-likeness (QED) is 0.226. The Morgan fingerprint density at radius 3 is 2.48 bits per heavy atom. The average molecular weight is 530 g/mol. The summed E-state index contributed by atoms with van der Waals surface area (Å²) in [6.45, 7) is 6.74. The van der Waals surface area contributed by atoms with Crippen LogP contribution in [0.3, 0.4) is 0 Å². The number of guanidine groups is 1. The number of aliphatic imine (C=N–C) groups is 1. The smallest absolute Gasteiger partial charge is 0.244 e. The first kappa shape index (κ1) is 25.2. The zero-order valence-corrected chi connectivity index (χ0v) is 20.0. The lowest BCUT2D eigenvalue weighted by atomic mass is 10.2. The molecule has 1 aromatic heterocycles. The number of nitrogens with one attached hydrogen (secondary N) is 2. The van der Waals surface area contributed by atoms with Crippen LogP contribution in [-0.2, 0) is 17.8 Å². The van der Waals surface area contributed by atoms with Gasteiger partial charge in [-0.3, -0.25) is 4.79 Å². The van der Waals surface area contributed by atoms with Crippen LogP contribution in [-0.4, -0.2) is 47.9 Å². The molecule has 158 valence electrons. The molecule has 0 spiro atoms. The lowest BCUT2D eigenvalue weighted by molar-refractivity contribution is -0.130. The predicted octanol–water partition coefficient (Wildman–Crippen LogP) is 3.50. The molecule has 1 amide bonds. The number of aromatic nitrogens is 1. The summed E-state index contributed by atoms with van der Waals surface area (Å²) in [4.78, 5) is 22.9. The number of likely N-dealkylation sites (N-methyl/N-ethyl adjacent to an activating group) is 1. The Labute approximate surface area is 195 Å². The molecule has 8 heteroatoms. The van der Waals surface area contributed by atoms with Gasteiger partial charge in [0, 0.05) is 32.4 Å². The molecule has 1 heterocycles. The maximum absolute atomic E-state index is 12.6. The molecule has 2 aromatic rings. The summed E-state index contributed by atoms with van der Waals surface area (Å²) in [6, 6.07) is 13.7. The Morgan fingerprint density at radius 2 is 1.86 bits per heavy atom. The van der Waals surface area contributed by atoms with Gasteiger partial charge in [-0.05, 0) is 37.5 Å². The lowest BCUT2D eigenvalue weighted by Crippen LogP contribution is -2.40. The number of halogens is 2. The van der Waals surface area contributed by atoms with Crippen molar-refractivity contribution >= 4 is 47.4 Å². The van der Waals surface area contributed by atoms with E-state index < -0.39 is 0 Å². The minimum Gasteiger partial charge on any atom is -0.357 e. The third kappa shape index (κ3) is 9.45. The minimum atomic E-state index is 0. The van der Waals surface area contributed by atoms with E-state index in [-0.39, 0.29) is 36.4 Å². The molecule has 2 rings (SSSR count). The van der Waals surface area contributed by atoms with Crippen LogP contribution in [0.1, 0.15) is 25.0 Å². The van der Waals surface area contributed by atoms with Gasteiger partial charge in [-0.15, -0.1) is 24.0 Å². The number of carbonyl (C=O) groups excluding carboxylic acids is 1. The summed E-state index contributed by atoms with van der Waals surface area (Å²) in [5.41, 5.74) is 2.20. The molecule has 1 aromatic carbocycles. The fourth-order valence-electron chi connectivity index (χ4n) is 2.65. The molecule has 0 fully saturated rings. The van der Waals surface area contributed by atoms with Gasteiger partial charge in [0.15, 0.2) is 5.96 Å². The highest BCUT2D eigenvalue weighted by Gasteiger charge is 2.12. The summed E-state index contributed by atoms with van der Waals surface area (Å²) < 4.78 is 0. The normalized spacial score (nSPS) is 10.8. The Hall–Kier alpha value is -1.87. The van der Waals surface area contributed by atoms with Crippen molar-refractivity contribution in [3.8, 4) is 0 Å². The first-order valence-corrected chi connectivity index (χ1v) is 9.94. The van der Waals surface area contributed by atoms with Gasteiger partial charge in [0.05, 0.1) is 0 Å². The minimum absolute atomic E-state index is 0. The number of carbonyl (C=O) groups is 1. The van der Waals surface area contributed by atoms with Crippen molar-refractivity contribution in [2.45, 2.75) is 26.8 Å². The number of rotatable bonds is 9. The molecule has 0 saturated heterocycles. The van der Waals surface area contributed by atoms with Crippen molar-refractivity contribution in [2.75, 3.05) is 26.2 Å². The maximum Gasteiger partial charge on any atom is 0.244 e. The molecular weight excluding hydrogens is 501 g/mol. The van der Waals surface area contributed by atoms with Crippen LogP contribution < -0.4 is 10.6 Å². The Balaban J connectivity index is 0.00000420. The number of hydrogen-bond acceptors (Lipinski definition) is 3. The summed E-state index contributed by atoms with van der Waals surface area (Å²) in [5.74, 6) is 0.638. The average Bonchev–Trinajstić information content (AvgIpc) is 2.72. The molecular formula is C21H29ClIN5O. The van der Waals surface area contributed by atoms with Gasteiger partial charge >= 0.3 is 0 Å². The molecule has 29 heavy (non-hydrogen) atoms. The Kier molecular flexibility index (Phi) is 12.3. The van der Waals surface area contributed by atoms with Gasteiger partial charge in [0.2, 0.25) is 5.91 Å². The first-order valence-electron chi connectivity index (χ1n) is 9.56. The third-order valence-electron chi connectivity index (χ3n) is 4.16. The van der Waals surface area contributed by atoms with Gasteiger partial charge < -0.3 is 15.5 Å². The SMILES string of the molecule is CCNC(=NCC(=O)N(CC)Cc1ccccc1)NCCc1ccc(Cl)nc1.I. The van der Waals surface area contributed by atoms with Gasteiger partial charge in [0.1, 0.15) is 11.7 Å². The predicted molar refractivity (Wildman–Crippen MR) is 130 cm³/mol. The van der Waals surface area contributed by atoms with Gasteiger partial charge in [-0.25, -0.2) is 9.98 Å². The second kappa shape index (κ2) is 14.2. The fourth-order valence-corrected chi connectivity index (χ4v) is 2.76. The van der Waals surface area contributed by atoms with Gasteiger partial charge in [-0.1, -0.05) is 48.0 Å². The van der Waals surface area contributed by atoms with E-state index in [0.29, 0.717) is 30.7 Å². The van der Waals surface area contributed by atoms with Crippen molar-refractivity contribution in [1.29, 1.82) is 0 Å². The second-order valence-electron chi connectivity index (χ2n) is 6.25. The van der Waals surface area contributed by atoms with Crippen LogP contribution in [0.5, 0.6) is 0 Å². The number of amides is 1. The Morgan fingerprint density at radius 1 is 1.10 bits per heavy atom. The van der Waals surface area contributed by atoms with E-state index in [2.05, 4.69) is 20.6 Å². The van der Waals surface area contributed by atoms with Crippen LogP contribution in [0, 0.1) is 0 Å². The molecule has 0 aliphatic heterocycles. The van der Waals surface area contributed by atoms with Crippen molar-refractivity contribution in [1.82, 2.24) is 20.5 Å². The van der Waals surface area contributed by atoms with E-state index in [1.165, 1.54) is 0 Å². The number of nitrogens with zero attached hydrogens (tertiary/aromatic N) is 3. The molecule has 2 N–H and O–H groups in total. The van der Waals surface area contributed by atoms with Crippen LogP contribution in [0.4, 0.5) is 0 Å². The molecule has 0 unspecified atom stereocenters. The van der Waals surface area contributed by atoms with E-state index in [1.807, 2.05) is 55.1 Å². The second-order valence-corrected chi connectivity index (χ2v) is 6.64. The lowest BCUT2D eigenvalue weighted by Gasteiger charge is -2.20. The van der Waals surface area contributed by atoms with Crippen LogP contribution >= 0.6 is 35.6 Å². The highest BCUT2D eigenvalue weighted by molar-refractivity contribution is 14.0. The zero-order valence-electron chi connectivity index (χ0n) is 16.9. The van der Waals surface area contributed by atoms with Crippen LogP contribution in [0.25, 0.3) is 0 Å². The van der Waals surface area contributed by atoms with Crippen molar-refractivity contribution in [2.24, 2.45) is 4.99 Å². The molecule has 0 bridgehead atoms.